The van der Waals surface area contributed by atoms with Gasteiger partial charge in [0.25, 0.3) is 5.56 Å². The van der Waals surface area contributed by atoms with E-state index in [1.165, 1.54) is 23.1 Å². The van der Waals surface area contributed by atoms with Gasteiger partial charge in [0.05, 0.1) is 28.1 Å². The highest BCUT2D eigenvalue weighted by atomic mass is 35.5. The largest absolute Gasteiger partial charge is 0.417 e. The molecule has 4 rings (SSSR count). The molecule has 1 atom stereocenters. The minimum Gasteiger partial charge on any atom is -0.316 e. The Labute approximate surface area is 169 Å². The summed E-state index contributed by atoms with van der Waals surface area (Å²) in [4.78, 5) is 17.2. The second-order valence-corrected chi connectivity index (χ2v) is 7.78. The van der Waals surface area contributed by atoms with Gasteiger partial charge in [-0.2, -0.15) is 18.3 Å². The van der Waals surface area contributed by atoms with Crippen molar-refractivity contribution in [1.29, 1.82) is 0 Å². The number of benzene rings is 1. The van der Waals surface area contributed by atoms with Gasteiger partial charge in [-0.3, -0.25) is 14.0 Å². The number of fused-ring (bicyclic) bond motifs is 1. The third-order valence-corrected chi connectivity index (χ3v) is 5.79. The number of aryl methyl sites for hydroxylation is 1. The highest BCUT2D eigenvalue weighted by Crippen LogP contribution is 2.40. The summed E-state index contributed by atoms with van der Waals surface area (Å²) in [6.45, 7) is 1.80. The minimum atomic E-state index is -4.56. The zero-order chi connectivity index (χ0) is 21.1. The summed E-state index contributed by atoms with van der Waals surface area (Å²) < 4.78 is 42.3. The SMILES string of the molecule is CCC(N)(c1ccc(C(F)(F)F)c(Cl)c1)c1c2ncn(C3CC3)c(=O)c2nn1C. The van der Waals surface area contributed by atoms with Gasteiger partial charge in [-0.25, -0.2) is 4.98 Å². The summed E-state index contributed by atoms with van der Waals surface area (Å²) >= 11 is 5.92. The van der Waals surface area contributed by atoms with E-state index in [4.69, 9.17) is 17.3 Å². The number of hydrogen-bond acceptors (Lipinski definition) is 4. The molecule has 6 nitrogen and oxygen atoms in total. The van der Waals surface area contributed by atoms with Crippen LogP contribution >= 0.6 is 11.6 Å². The Kier molecular flexibility index (Phi) is 4.51. The lowest BCUT2D eigenvalue weighted by Gasteiger charge is -2.29. The number of nitrogens with zero attached hydrogens (tertiary/aromatic N) is 4. The van der Waals surface area contributed by atoms with E-state index in [2.05, 4.69) is 10.1 Å². The van der Waals surface area contributed by atoms with E-state index < -0.39 is 22.3 Å². The zero-order valence-electron chi connectivity index (χ0n) is 15.8. The molecule has 0 amide bonds. The van der Waals surface area contributed by atoms with Crippen LogP contribution in [-0.4, -0.2) is 19.3 Å². The number of nitrogens with two attached hydrogens (primary N) is 1. The predicted molar refractivity (Wildman–Crippen MR) is 103 cm³/mol. The van der Waals surface area contributed by atoms with Crippen LogP contribution in [0.15, 0.2) is 29.3 Å². The molecule has 1 saturated carbocycles. The van der Waals surface area contributed by atoms with Gasteiger partial charge < -0.3 is 5.73 Å². The van der Waals surface area contributed by atoms with E-state index in [1.807, 2.05) is 0 Å². The second-order valence-electron chi connectivity index (χ2n) is 7.37. The van der Waals surface area contributed by atoms with E-state index in [1.54, 1.807) is 18.5 Å². The fourth-order valence-electron chi connectivity index (χ4n) is 3.72. The molecule has 0 bridgehead atoms. The van der Waals surface area contributed by atoms with Gasteiger partial charge in [-0.1, -0.05) is 24.6 Å². The second kappa shape index (κ2) is 6.56. The summed E-state index contributed by atoms with van der Waals surface area (Å²) in [6, 6.07) is 3.59. The lowest BCUT2D eigenvalue weighted by atomic mass is 9.84. The van der Waals surface area contributed by atoms with Crippen LogP contribution in [0.4, 0.5) is 13.2 Å². The summed E-state index contributed by atoms with van der Waals surface area (Å²) in [6.07, 6.45) is -0.896. The summed E-state index contributed by atoms with van der Waals surface area (Å²) in [7, 11) is 1.64. The fraction of sp³-hybridized carbons (Fsp3) is 0.421. The van der Waals surface area contributed by atoms with Crippen LogP contribution in [0.25, 0.3) is 11.0 Å². The van der Waals surface area contributed by atoms with Crippen molar-refractivity contribution in [2.75, 3.05) is 0 Å². The molecule has 0 radical (unpaired) electrons. The van der Waals surface area contributed by atoms with Gasteiger partial charge in [0.15, 0.2) is 5.52 Å². The summed E-state index contributed by atoms with van der Waals surface area (Å²) in [5, 5.41) is 3.89. The smallest absolute Gasteiger partial charge is 0.316 e. The average molecular weight is 426 g/mol. The minimum absolute atomic E-state index is 0.146. The molecule has 0 aliphatic heterocycles. The number of aromatic nitrogens is 4. The third-order valence-electron chi connectivity index (χ3n) is 5.48. The molecule has 3 aromatic rings. The van der Waals surface area contributed by atoms with Gasteiger partial charge in [-0.05, 0) is 37.0 Å². The molecule has 0 spiro atoms. The van der Waals surface area contributed by atoms with Crippen LogP contribution in [0.1, 0.15) is 49.0 Å². The normalized spacial score (nSPS) is 16.9. The Balaban J connectivity index is 1.90. The maximum absolute atomic E-state index is 13.1. The first-order chi connectivity index (χ1) is 13.6. The Morgan fingerprint density at radius 3 is 2.52 bits per heavy atom. The molecule has 1 unspecified atom stereocenters. The third kappa shape index (κ3) is 3.12. The van der Waals surface area contributed by atoms with Crippen LogP contribution in [0.5, 0.6) is 0 Å². The van der Waals surface area contributed by atoms with Crippen LogP contribution in [0.3, 0.4) is 0 Å². The quantitative estimate of drug-likeness (QED) is 0.690. The van der Waals surface area contributed by atoms with E-state index in [0.29, 0.717) is 23.2 Å². The number of halogens is 4. The van der Waals surface area contributed by atoms with Crippen molar-refractivity contribution in [3.8, 4) is 0 Å². The van der Waals surface area contributed by atoms with Crippen molar-refractivity contribution >= 4 is 22.6 Å². The van der Waals surface area contributed by atoms with Gasteiger partial charge >= 0.3 is 6.18 Å². The molecule has 2 heterocycles. The molecule has 1 fully saturated rings. The Hall–Kier alpha value is -2.39. The molecule has 29 heavy (non-hydrogen) atoms. The first kappa shape index (κ1) is 19.9. The lowest BCUT2D eigenvalue weighted by Crippen LogP contribution is -2.39. The Morgan fingerprint density at radius 2 is 1.97 bits per heavy atom. The van der Waals surface area contributed by atoms with Crippen molar-refractivity contribution in [3.05, 3.63) is 56.7 Å². The molecule has 1 aliphatic carbocycles. The van der Waals surface area contributed by atoms with E-state index >= 15 is 0 Å². The Bertz CT molecular complexity index is 1170. The first-order valence-corrected chi connectivity index (χ1v) is 9.56. The van der Waals surface area contributed by atoms with Crippen molar-refractivity contribution in [1.82, 2.24) is 19.3 Å². The molecule has 1 aliphatic rings. The molecule has 2 N–H and O–H groups in total. The maximum Gasteiger partial charge on any atom is 0.417 e. The van der Waals surface area contributed by atoms with Crippen molar-refractivity contribution in [2.24, 2.45) is 12.8 Å². The van der Waals surface area contributed by atoms with Gasteiger partial charge in [0.2, 0.25) is 0 Å². The van der Waals surface area contributed by atoms with E-state index in [-0.39, 0.29) is 17.1 Å². The van der Waals surface area contributed by atoms with Crippen molar-refractivity contribution < 1.29 is 13.2 Å². The monoisotopic (exact) mass is 425 g/mol. The summed E-state index contributed by atoms with van der Waals surface area (Å²) in [5.74, 6) is 0. The van der Waals surface area contributed by atoms with Crippen LogP contribution in [0, 0.1) is 0 Å². The van der Waals surface area contributed by atoms with E-state index in [9.17, 15) is 18.0 Å². The first-order valence-electron chi connectivity index (χ1n) is 9.18. The lowest BCUT2D eigenvalue weighted by molar-refractivity contribution is -0.137. The molecule has 10 heteroatoms. The molecule has 154 valence electrons. The van der Waals surface area contributed by atoms with Gasteiger partial charge in [-0.15, -0.1) is 0 Å². The fourth-order valence-corrected chi connectivity index (χ4v) is 4.01. The van der Waals surface area contributed by atoms with Crippen LogP contribution in [0.2, 0.25) is 5.02 Å². The molecule has 2 aromatic heterocycles. The van der Waals surface area contributed by atoms with Gasteiger partial charge in [0.1, 0.15) is 5.52 Å². The number of hydrogen-bond donors (Lipinski definition) is 1. The highest BCUT2D eigenvalue weighted by molar-refractivity contribution is 6.31. The van der Waals surface area contributed by atoms with Crippen LogP contribution in [-0.2, 0) is 18.8 Å². The standard InChI is InChI=1S/C19H19ClF3N5O/c1-3-18(24,10-4-7-12(13(20)8-10)19(21,22)23)16-14-15(26-27(16)2)17(29)28(9-25-14)11-5-6-11/h4,7-9,11H,3,5-6,24H2,1-2H3. The summed E-state index contributed by atoms with van der Waals surface area (Å²) in [5.41, 5.74) is 5.65. The van der Waals surface area contributed by atoms with Crippen LogP contribution < -0.4 is 11.3 Å². The topological polar surface area (TPSA) is 78.7 Å². The zero-order valence-corrected chi connectivity index (χ0v) is 16.6. The van der Waals surface area contributed by atoms with E-state index in [0.717, 1.165) is 18.9 Å². The molecule has 0 saturated heterocycles. The predicted octanol–water partition coefficient (Wildman–Crippen LogP) is 3.75. The average Bonchev–Trinajstić information content (AvgIpc) is 3.42. The van der Waals surface area contributed by atoms with Crippen molar-refractivity contribution in [2.45, 2.75) is 43.9 Å². The Morgan fingerprint density at radius 1 is 1.28 bits per heavy atom. The molecular weight excluding hydrogens is 407 g/mol. The highest BCUT2D eigenvalue weighted by Gasteiger charge is 2.38. The molecular formula is C19H19ClF3N5O. The van der Waals surface area contributed by atoms with Gasteiger partial charge in [0, 0.05) is 13.1 Å². The molecule has 1 aromatic carbocycles. The van der Waals surface area contributed by atoms with Crippen molar-refractivity contribution in [3.63, 3.8) is 0 Å². The number of rotatable bonds is 4. The number of alkyl halides is 3. The maximum atomic E-state index is 13.1.